The molecule has 0 atom stereocenters. The minimum absolute atomic E-state index is 0.287. The maximum atomic E-state index is 10.3. The Kier molecular flexibility index (Phi) is 5.35. The zero-order valence-electron chi connectivity index (χ0n) is 19.6. The van der Waals surface area contributed by atoms with Gasteiger partial charge in [0.2, 0.25) is 0 Å². The van der Waals surface area contributed by atoms with Gasteiger partial charge >= 0.3 is 6.01 Å². The molecule has 1 aromatic carbocycles. The third kappa shape index (κ3) is 3.67. The number of nitrogens with zero attached hydrogens (tertiary/aromatic N) is 6. The maximum absolute atomic E-state index is 10.3. The SMILES string of the molecule is Cc1ccc2[nH]ncc2c1-c1nc(OCCN2CCCC2)nc(N2CCC3(CNC3)C2)c1C#N. The Morgan fingerprint density at radius 1 is 1.18 bits per heavy atom. The second kappa shape index (κ2) is 8.53. The average molecular weight is 459 g/mol. The number of ether oxygens (including phenoxy) is 1. The smallest absolute Gasteiger partial charge is 0.319 e. The molecule has 3 aromatic rings. The molecule has 3 aliphatic heterocycles. The number of aryl methyl sites for hydroxylation is 1. The van der Waals surface area contributed by atoms with Crippen LogP contribution in [0.15, 0.2) is 18.3 Å². The van der Waals surface area contributed by atoms with Crippen molar-refractivity contribution in [1.82, 2.24) is 30.4 Å². The highest BCUT2D eigenvalue weighted by atomic mass is 16.5. The summed E-state index contributed by atoms with van der Waals surface area (Å²) >= 11 is 0. The van der Waals surface area contributed by atoms with E-state index in [9.17, 15) is 5.26 Å². The highest BCUT2D eigenvalue weighted by Gasteiger charge is 2.44. The van der Waals surface area contributed by atoms with E-state index in [4.69, 9.17) is 14.7 Å². The second-order valence-corrected chi connectivity index (χ2v) is 9.93. The fraction of sp³-hybridized carbons (Fsp3) is 0.520. The molecule has 5 heterocycles. The van der Waals surface area contributed by atoms with Crippen molar-refractivity contribution in [2.75, 3.05) is 57.3 Å². The van der Waals surface area contributed by atoms with E-state index in [1.807, 2.05) is 19.1 Å². The van der Waals surface area contributed by atoms with Crippen molar-refractivity contribution in [2.45, 2.75) is 26.2 Å². The van der Waals surface area contributed by atoms with Crippen LogP contribution < -0.4 is 15.0 Å². The first-order valence-corrected chi connectivity index (χ1v) is 12.2. The van der Waals surface area contributed by atoms with E-state index in [0.717, 1.165) is 74.3 Å². The van der Waals surface area contributed by atoms with E-state index in [-0.39, 0.29) is 5.41 Å². The second-order valence-electron chi connectivity index (χ2n) is 9.93. The molecule has 0 saturated carbocycles. The molecule has 0 radical (unpaired) electrons. The molecular formula is C25H30N8O. The average Bonchev–Trinajstić information content (AvgIpc) is 3.58. The Balaban J connectivity index is 1.42. The first-order valence-electron chi connectivity index (χ1n) is 12.2. The molecule has 2 N–H and O–H groups in total. The number of nitriles is 1. The monoisotopic (exact) mass is 458 g/mol. The zero-order chi connectivity index (χ0) is 23.1. The van der Waals surface area contributed by atoms with Crippen LogP contribution in [-0.2, 0) is 0 Å². The van der Waals surface area contributed by atoms with E-state index in [0.29, 0.717) is 29.7 Å². The summed E-state index contributed by atoms with van der Waals surface area (Å²) in [6.45, 7) is 9.52. The largest absolute Gasteiger partial charge is 0.462 e. The highest BCUT2D eigenvalue weighted by molar-refractivity contribution is 5.97. The molecule has 3 saturated heterocycles. The van der Waals surface area contributed by atoms with Gasteiger partial charge in [-0.3, -0.25) is 10.00 Å². The van der Waals surface area contributed by atoms with Crippen molar-refractivity contribution in [3.8, 4) is 23.3 Å². The molecule has 9 nitrogen and oxygen atoms in total. The number of benzene rings is 1. The van der Waals surface area contributed by atoms with Gasteiger partial charge in [0, 0.05) is 49.1 Å². The number of hydrogen-bond acceptors (Lipinski definition) is 8. The van der Waals surface area contributed by atoms with Crippen LogP contribution >= 0.6 is 0 Å². The number of anilines is 1. The number of hydrogen-bond donors (Lipinski definition) is 2. The van der Waals surface area contributed by atoms with Gasteiger partial charge in [0.15, 0.2) is 5.82 Å². The third-order valence-electron chi connectivity index (χ3n) is 7.63. The first kappa shape index (κ1) is 21.3. The summed E-state index contributed by atoms with van der Waals surface area (Å²) in [5.41, 5.74) is 4.29. The first-order chi connectivity index (χ1) is 16.7. The number of nitrogens with one attached hydrogen (secondary N) is 2. The quantitative estimate of drug-likeness (QED) is 0.580. The third-order valence-corrected chi connectivity index (χ3v) is 7.63. The predicted molar refractivity (Wildman–Crippen MR) is 130 cm³/mol. The molecule has 34 heavy (non-hydrogen) atoms. The summed E-state index contributed by atoms with van der Waals surface area (Å²) in [5, 5.41) is 21.9. The Bertz CT molecular complexity index is 1250. The molecule has 0 aliphatic carbocycles. The zero-order valence-corrected chi connectivity index (χ0v) is 19.6. The fourth-order valence-electron chi connectivity index (χ4n) is 5.60. The van der Waals surface area contributed by atoms with Crippen LogP contribution in [0.4, 0.5) is 5.82 Å². The van der Waals surface area contributed by atoms with Gasteiger partial charge in [0.1, 0.15) is 18.2 Å². The van der Waals surface area contributed by atoms with Gasteiger partial charge in [-0.05, 0) is 50.9 Å². The van der Waals surface area contributed by atoms with Crippen LogP contribution in [0, 0.1) is 23.7 Å². The standard InChI is InChI=1S/C25H30N8O/c1-17-4-5-20-19(13-28-31-20)21(17)22-18(12-26)23(33-9-6-25(16-33)14-27-15-25)30-24(29-22)34-11-10-32-7-2-3-8-32/h4-5,13,27H,2-3,6-11,14-16H2,1H3,(H,28,31). The van der Waals surface area contributed by atoms with Crippen LogP contribution in [0.2, 0.25) is 0 Å². The maximum Gasteiger partial charge on any atom is 0.319 e. The van der Waals surface area contributed by atoms with Gasteiger partial charge in [0.25, 0.3) is 0 Å². The topological polar surface area (TPSA) is 106 Å². The highest BCUT2D eigenvalue weighted by Crippen LogP contribution is 2.40. The molecule has 0 unspecified atom stereocenters. The summed E-state index contributed by atoms with van der Waals surface area (Å²) in [4.78, 5) is 14.3. The minimum atomic E-state index is 0.287. The van der Waals surface area contributed by atoms with E-state index >= 15 is 0 Å². The van der Waals surface area contributed by atoms with Gasteiger partial charge in [0.05, 0.1) is 17.4 Å². The fourth-order valence-corrected chi connectivity index (χ4v) is 5.60. The lowest BCUT2D eigenvalue weighted by atomic mass is 9.81. The van der Waals surface area contributed by atoms with Crippen molar-refractivity contribution in [3.63, 3.8) is 0 Å². The van der Waals surface area contributed by atoms with Crippen molar-refractivity contribution in [2.24, 2.45) is 5.41 Å². The predicted octanol–water partition coefficient (Wildman–Crippen LogP) is 2.47. The Hall–Kier alpha value is -3.22. The number of likely N-dealkylation sites (tertiary alicyclic amines) is 1. The number of H-pyrrole nitrogens is 1. The summed E-state index contributed by atoms with van der Waals surface area (Å²) in [6.07, 6.45) is 5.41. The van der Waals surface area contributed by atoms with Gasteiger partial charge < -0.3 is 15.0 Å². The summed E-state index contributed by atoms with van der Waals surface area (Å²) < 4.78 is 6.12. The summed E-state index contributed by atoms with van der Waals surface area (Å²) in [5.74, 6) is 0.687. The Morgan fingerprint density at radius 3 is 2.76 bits per heavy atom. The molecule has 2 aromatic heterocycles. The lowest BCUT2D eigenvalue weighted by molar-refractivity contribution is 0.199. The number of rotatable bonds is 6. The molecule has 9 heteroatoms. The summed E-state index contributed by atoms with van der Waals surface area (Å²) in [7, 11) is 0. The minimum Gasteiger partial charge on any atom is -0.462 e. The van der Waals surface area contributed by atoms with Crippen LogP contribution in [0.1, 0.15) is 30.4 Å². The van der Waals surface area contributed by atoms with Crippen LogP contribution in [0.5, 0.6) is 6.01 Å². The molecule has 6 rings (SSSR count). The van der Waals surface area contributed by atoms with Crippen molar-refractivity contribution >= 4 is 16.7 Å². The van der Waals surface area contributed by atoms with Gasteiger partial charge in [-0.25, -0.2) is 0 Å². The lowest BCUT2D eigenvalue weighted by Crippen LogP contribution is -2.54. The number of fused-ring (bicyclic) bond motifs is 1. The van der Waals surface area contributed by atoms with E-state index in [2.05, 4.69) is 31.4 Å². The number of aromatic nitrogens is 4. The van der Waals surface area contributed by atoms with Gasteiger partial charge in [-0.1, -0.05) is 6.07 Å². The molecule has 0 bridgehead atoms. The normalized spacial score (nSPS) is 19.6. The molecular weight excluding hydrogens is 428 g/mol. The lowest BCUT2D eigenvalue weighted by Gasteiger charge is -2.39. The van der Waals surface area contributed by atoms with Crippen molar-refractivity contribution < 1.29 is 4.74 Å². The summed E-state index contributed by atoms with van der Waals surface area (Å²) in [6, 6.07) is 6.83. The van der Waals surface area contributed by atoms with E-state index < -0.39 is 0 Å². The molecule has 1 spiro atoms. The Labute approximate surface area is 199 Å². The molecule has 176 valence electrons. The van der Waals surface area contributed by atoms with Gasteiger partial charge in [-0.15, -0.1) is 0 Å². The van der Waals surface area contributed by atoms with Crippen LogP contribution in [-0.4, -0.2) is 77.5 Å². The van der Waals surface area contributed by atoms with Gasteiger partial charge in [-0.2, -0.15) is 20.3 Å². The molecule has 0 amide bonds. The van der Waals surface area contributed by atoms with E-state index in [1.54, 1.807) is 6.20 Å². The van der Waals surface area contributed by atoms with Crippen molar-refractivity contribution in [3.05, 3.63) is 29.5 Å². The molecule has 3 aliphatic rings. The number of aromatic amines is 1. The van der Waals surface area contributed by atoms with Crippen LogP contribution in [0.25, 0.3) is 22.2 Å². The van der Waals surface area contributed by atoms with Crippen LogP contribution in [0.3, 0.4) is 0 Å². The molecule has 3 fully saturated rings. The van der Waals surface area contributed by atoms with E-state index in [1.165, 1.54) is 12.8 Å². The van der Waals surface area contributed by atoms with Crippen molar-refractivity contribution in [1.29, 1.82) is 5.26 Å². The Morgan fingerprint density at radius 2 is 2.03 bits per heavy atom.